The monoisotopic (exact) mass is 683 g/mol. The van der Waals surface area contributed by atoms with Crippen LogP contribution in [0.4, 0.5) is 0 Å². The summed E-state index contributed by atoms with van der Waals surface area (Å²) in [6, 6.07) is 61.1. The first-order valence-corrected chi connectivity index (χ1v) is 18.0. The van der Waals surface area contributed by atoms with Crippen LogP contribution in [-0.2, 0) is 0 Å². The molecule has 244 valence electrons. The summed E-state index contributed by atoms with van der Waals surface area (Å²) < 4.78 is 3.56. The van der Waals surface area contributed by atoms with Crippen LogP contribution in [0.5, 0.6) is 0 Å². The van der Waals surface area contributed by atoms with Gasteiger partial charge in [-0.15, -0.1) is 11.3 Å². The van der Waals surface area contributed by atoms with Gasteiger partial charge in [0.1, 0.15) is 5.01 Å². The topological polar surface area (TPSA) is 56.5 Å². The van der Waals surface area contributed by atoms with Crippen LogP contribution in [0.15, 0.2) is 176 Å². The Hall–Kier alpha value is -6.76. The van der Waals surface area contributed by atoms with E-state index in [9.17, 15) is 0 Å². The Morgan fingerprint density at radius 2 is 0.865 bits per heavy atom. The Balaban J connectivity index is 1.00. The van der Waals surface area contributed by atoms with E-state index in [1.807, 2.05) is 66.7 Å². The first-order chi connectivity index (χ1) is 25.7. The smallest absolute Gasteiger partial charge is 0.164 e. The summed E-state index contributed by atoms with van der Waals surface area (Å²) in [5.74, 6) is 1.95. The van der Waals surface area contributed by atoms with Gasteiger partial charge in [0.25, 0.3) is 0 Å². The van der Waals surface area contributed by atoms with E-state index in [1.54, 1.807) is 11.3 Å². The van der Waals surface area contributed by atoms with Gasteiger partial charge in [-0.2, -0.15) is 0 Å². The van der Waals surface area contributed by atoms with Crippen LogP contribution in [0.2, 0.25) is 0 Å². The molecule has 10 aromatic rings. The lowest BCUT2D eigenvalue weighted by atomic mass is 10.0. The number of benzene rings is 7. The van der Waals surface area contributed by atoms with Crippen molar-refractivity contribution in [3.63, 3.8) is 0 Å². The molecule has 0 aliphatic carbocycles. The summed E-state index contributed by atoms with van der Waals surface area (Å²) in [6.45, 7) is 0. The number of thiazole rings is 1. The minimum Gasteiger partial charge on any atom is -0.309 e. The van der Waals surface area contributed by atoms with Crippen LogP contribution in [-0.4, -0.2) is 24.5 Å². The van der Waals surface area contributed by atoms with E-state index in [2.05, 4.69) is 114 Å². The Morgan fingerprint density at radius 3 is 1.52 bits per heavy atom. The van der Waals surface area contributed by atoms with Crippen LogP contribution in [0.1, 0.15) is 0 Å². The third kappa shape index (κ3) is 5.34. The van der Waals surface area contributed by atoms with Crippen molar-refractivity contribution >= 4 is 43.4 Å². The molecule has 6 heteroatoms. The molecule has 0 amide bonds. The molecule has 7 aromatic carbocycles. The summed E-state index contributed by atoms with van der Waals surface area (Å²) in [5, 5.41) is 3.49. The average molecular weight is 684 g/mol. The lowest BCUT2D eigenvalue weighted by molar-refractivity contribution is 1.07. The summed E-state index contributed by atoms with van der Waals surface area (Å²) in [6.07, 6.45) is 0. The van der Waals surface area contributed by atoms with Gasteiger partial charge in [0.15, 0.2) is 17.5 Å². The van der Waals surface area contributed by atoms with E-state index in [0.717, 1.165) is 55.1 Å². The molecule has 0 saturated heterocycles. The molecular formula is C46H29N5S. The van der Waals surface area contributed by atoms with E-state index in [4.69, 9.17) is 19.9 Å². The molecule has 0 aliphatic rings. The van der Waals surface area contributed by atoms with Crippen molar-refractivity contribution in [3.8, 4) is 61.5 Å². The van der Waals surface area contributed by atoms with Gasteiger partial charge in [-0.3, -0.25) is 0 Å². The van der Waals surface area contributed by atoms with Gasteiger partial charge in [0.05, 0.1) is 21.3 Å². The van der Waals surface area contributed by atoms with E-state index in [1.165, 1.54) is 21.0 Å². The fraction of sp³-hybridized carbons (Fsp3) is 0. The SMILES string of the molecule is c1ccc(-c2nc(-c3ccccc3)nc(-c3ccc(-c4ccc(-n5c6ccccc6c6ccc(-c7nc8ccccc8s7)cc65)cc4)cc3)n2)cc1. The van der Waals surface area contributed by atoms with Crippen molar-refractivity contribution in [2.45, 2.75) is 0 Å². The quantitative estimate of drug-likeness (QED) is 0.175. The number of nitrogens with zero attached hydrogens (tertiary/aromatic N) is 5. The molecule has 10 rings (SSSR count). The van der Waals surface area contributed by atoms with Crippen LogP contribution < -0.4 is 0 Å². The molecule has 0 unspecified atom stereocenters. The average Bonchev–Trinajstić information content (AvgIpc) is 3.81. The minimum absolute atomic E-state index is 0.645. The Labute approximate surface area is 304 Å². The summed E-state index contributed by atoms with van der Waals surface area (Å²) in [7, 11) is 0. The third-order valence-electron chi connectivity index (χ3n) is 9.52. The highest BCUT2D eigenvalue weighted by molar-refractivity contribution is 7.21. The van der Waals surface area contributed by atoms with E-state index in [-0.39, 0.29) is 0 Å². The maximum absolute atomic E-state index is 4.95. The molecule has 0 atom stereocenters. The predicted octanol–water partition coefficient (Wildman–Crippen LogP) is 11.9. The molecule has 5 nitrogen and oxygen atoms in total. The van der Waals surface area contributed by atoms with Gasteiger partial charge in [-0.05, 0) is 47.5 Å². The second kappa shape index (κ2) is 12.5. The maximum Gasteiger partial charge on any atom is 0.164 e. The van der Waals surface area contributed by atoms with Gasteiger partial charge in [-0.25, -0.2) is 19.9 Å². The maximum atomic E-state index is 4.95. The highest BCUT2D eigenvalue weighted by Gasteiger charge is 2.16. The predicted molar refractivity (Wildman–Crippen MR) is 215 cm³/mol. The zero-order valence-corrected chi connectivity index (χ0v) is 28.7. The molecule has 0 aliphatic heterocycles. The number of para-hydroxylation sites is 2. The Morgan fingerprint density at radius 1 is 0.365 bits per heavy atom. The van der Waals surface area contributed by atoms with Crippen LogP contribution in [0.25, 0.3) is 93.6 Å². The first-order valence-electron chi connectivity index (χ1n) is 17.2. The van der Waals surface area contributed by atoms with Crippen LogP contribution >= 0.6 is 11.3 Å². The van der Waals surface area contributed by atoms with Crippen molar-refractivity contribution in [1.29, 1.82) is 0 Å². The van der Waals surface area contributed by atoms with E-state index < -0.39 is 0 Å². The zero-order chi connectivity index (χ0) is 34.4. The lowest BCUT2D eigenvalue weighted by Crippen LogP contribution is -2.00. The van der Waals surface area contributed by atoms with Crippen molar-refractivity contribution in [2.24, 2.45) is 0 Å². The molecule has 0 N–H and O–H groups in total. The number of fused-ring (bicyclic) bond motifs is 4. The summed E-state index contributed by atoms with van der Waals surface area (Å²) in [4.78, 5) is 19.6. The largest absolute Gasteiger partial charge is 0.309 e. The molecule has 0 fully saturated rings. The number of aromatic nitrogens is 5. The molecule has 3 heterocycles. The Kier molecular flexibility index (Phi) is 7.25. The van der Waals surface area contributed by atoms with Gasteiger partial charge in [0.2, 0.25) is 0 Å². The lowest BCUT2D eigenvalue weighted by Gasteiger charge is -2.11. The minimum atomic E-state index is 0.645. The van der Waals surface area contributed by atoms with Crippen LogP contribution in [0.3, 0.4) is 0 Å². The molecule has 3 aromatic heterocycles. The first kappa shape index (κ1) is 30.1. The van der Waals surface area contributed by atoms with Gasteiger partial charge < -0.3 is 4.57 Å². The molecule has 0 bridgehead atoms. The van der Waals surface area contributed by atoms with Crippen molar-refractivity contribution in [1.82, 2.24) is 24.5 Å². The molecule has 0 saturated carbocycles. The molecule has 0 radical (unpaired) electrons. The Bertz CT molecular complexity index is 2790. The third-order valence-corrected chi connectivity index (χ3v) is 10.6. The summed E-state index contributed by atoms with van der Waals surface area (Å²) >= 11 is 1.73. The van der Waals surface area contributed by atoms with Gasteiger partial charge in [-0.1, -0.05) is 140 Å². The number of hydrogen-bond donors (Lipinski definition) is 0. The van der Waals surface area contributed by atoms with Crippen molar-refractivity contribution in [2.75, 3.05) is 0 Å². The molecule has 0 spiro atoms. The molecule has 52 heavy (non-hydrogen) atoms. The number of hydrogen-bond acceptors (Lipinski definition) is 5. The second-order valence-electron chi connectivity index (χ2n) is 12.7. The highest BCUT2D eigenvalue weighted by Crippen LogP contribution is 2.37. The number of rotatable bonds is 6. The second-order valence-corrected chi connectivity index (χ2v) is 13.8. The highest BCUT2D eigenvalue weighted by atomic mass is 32.1. The molecular weight excluding hydrogens is 655 g/mol. The normalized spacial score (nSPS) is 11.5. The van der Waals surface area contributed by atoms with Crippen molar-refractivity contribution < 1.29 is 0 Å². The van der Waals surface area contributed by atoms with Gasteiger partial charge >= 0.3 is 0 Å². The van der Waals surface area contributed by atoms with Gasteiger partial charge in [0, 0.05) is 38.7 Å². The van der Waals surface area contributed by atoms with E-state index in [0.29, 0.717) is 17.5 Å². The zero-order valence-electron chi connectivity index (χ0n) is 27.9. The fourth-order valence-corrected chi connectivity index (χ4v) is 7.89. The fourth-order valence-electron chi connectivity index (χ4n) is 6.93. The standard InChI is InChI=1S/C46H29N5S/c1-3-11-32(12-4-1)43-48-44(33-13-5-2-6-14-33)50-45(49-43)34-21-19-30(20-22-34)31-23-26-36(27-24-31)51-40-17-9-7-15-37(40)38-28-25-35(29-41(38)51)46-47-39-16-8-10-18-42(39)52-46/h1-29H. The van der Waals surface area contributed by atoms with Crippen molar-refractivity contribution in [3.05, 3.63) is 176 Å². The summed E-state index contributed by atoms with van der Waals surface area (Å²) in [5.41, 5.74) is 10.7. The van der Waals surface area contributed by atoms with Crippen LogP contribution in [0, 0.1) is 0 Å². The van der Waals surface area contributed by atoms with E-state index >= 15 is 0 Å².